The smallest absolute Gasteiger partial charge is 0.330 e. The summed E-state index contributed by atoms with van der Waals surface area (Å²) in [4.78, 5) is 12.7. The van der Waals surface area contributed by atoms with Crippen LogP contribution in [0.3, 0.4) is 0 Å². The number of piperidine rings is 1. The van der Waals surface area contributed by atoms with Gasteiger partial charge in [0.25, 0.3) is 0 Å². The summed E-state index contributed by atoms with van der Waals surface area (Å²) in [6.07, 6.45) is 1.11. The molecule has 1 unspecified atom stereocenters. The minimum absolute atomic E-state index is 0.0467. The maximum atomic E-state index is 15.5. The molecule has 9 heteroatoms. The number of carbonyl (C=O) groups is 1. The van der Waals surface area contributed by atoms with Crippen molar-refractivity contribution in [2.24, 2.45) is 5.10 Å². The number of para-hydroxylation sites is 1. The maximum absolute atomic E-state index is 15.5. The number of ether oxygens (including phenoxy) is 1. The predicted octanol–water partition coefficient (Wildman–Crippen LogP) is 6.30. The summed E-state index contributed by atoms with van der Waals surface area (Å²) in [5, 5.41) is 6.06. The van der Waals surface area contributed by atoms with E-state index in [4.69, 9.17) is 4.74 Å². The van der Waals surface area contributed by atoms with Crippen LogP contribution < -0.4 is 9.91 Å². The number of hydrazone groups is 1. The Bertz CT molecular complexity index is 1340. The van der Waals surface area contributed by atoms with Gasteiger partial charge in [0.1, 0.15) is 11.8 Å². The quantitative estimate of drug-likeness (QED) is 0.165. The molecule has 0 aliphatic carbocycles. The Labute approximate surface area is 217 Å². The first kappa shape index (κ1) is 25.5. The van der Waals surface area contributed by atoms with Crippen LogP contribution in [-0.2, 0) is 9.53 Å². The number of anilines is 2. The van der Waals surface area contributed by atoms with Gasteiger partial charge in [-0.3, -0.25) is 5.01 Å². The summed E-state index contributed by atoms with van der Waals surface area (Å²) in [6.45, 7) is 3.45. The van der Waals surface area contributed by atoms with Gasteiger partial charge < -0.3 is 9.64 Å². The average Bonchev–Trinajstić information content (AvgIpc) is 3.39. The minimum atomic E-state index is -1.49. The molecule has 5 rings (SSSR count). The van der Waals surface area contributed by atoms with Gasteiger partial charge >= 0.3 is 5.97 Å². The zero-order chi connectivity index (χ0) is 26.8. The molecule has 0 radical (unpaired) electrons. The molecular formula is C29H25F4N3O2. The zero-order valence-electron chi connectivity index (χ0n) is 20.4. The SMILES string of the molecule is C=CC(=O)OC1CCN(c2c(F)c(F)c(C3=NN(c4ccccc4)C(c4ccccc4)C3)c(F)c2F)CC1. The lowest BCUT2D eigenvalue weighted by molar-refractivity contribution is -0.143. The molecule has 3 aromatic rings. The van der Waals surface area contributed by atoms with E-state index >= 15 is 17.6 Å². The van der Waals surface area contributed by atoms with Crippen LogP contribution in [0.5, 0.6) is 0 Å². The number of halogens is 4. The molecule has 196 valence electrons. The molecule has 0 spiro atoms. The number of benzene rings is 3. The molecular weight excluding hydrogens is 498 g/mol. The zero-order valence-corrected chi connectivity index (χ0v) is 20.4. The minimum Gasteiger partial charge on any atom is -0.459 e. The Hall–Kier alpha value is -4.14. The van der Waals surface area contributed by atoms with Crippen LogP contribution in [-0.4, -0.2) is 30.9 Å². The van der Waals surface area contributed by atoms with Crippen molar-refractivity contribution in [1.82, 2.24) is 0 Å². The van der Waals surface area contributed by atoms with Crippen molar-refractivity contribution in [3.8, 4) is 0 Å². The topological polar surface area (TPSA) is 45.1 Å². The van der Waals surface area contributed by atoms with Crippen LogP contribution in [0.15, 0.2) is 78.4 Å². The number of nitrogens with zero attached hydrogens (tertiary/aromatic N) is 3. The summed E-state index contributed by atoms with van der Waals surface area (Å²) < 4.78 is 66.8. The molecule has 1 atom stereocenters. The fraction of sp³-hybridized carbons (Fsp3) is 0.241. The maximum Gasteiger partial charge on any atom is 0.330 e. The van der Waals surface area contributed by atoms with E-state index in [1.54, 1.807) is 17.1 Å². The van der Waals surface area contributed by atoms with E-state index in [1.807, 2.05) is 48.5 Å². The van der Waals surface area contributed by atoms with Crippen molar-refractivity contribution in [3.63, 3.8) is 0 Å². The van der Waals surface area contributed by atoms with Gasteiger partial charge in [-0.1, -0.05) is 55.1 Å². The molecule has 1 saturated heterocycles. The second-order valence-corrected chi connectivity index (χ2v) is 9.16. The Balaban J connectivity index is 1.48. The summed E-state index contributed by atoms with van der Waals surface area (Å²) >= 11 is 0. The summed E-state index contributed by atoms with van der Waals surface area (Å²) in [5.41, 5.74) is -0.145. The number of rotatable bonds is 6. The highest BCUT2D eigenvalue weighted by molar-refractivity contribution is 6.04. The molecule has 3 aromatic carbocycles. The van der Waals surface area contributed by atoms with E-state index in [-0.39, 0.29) is 38.1 Å². The molecule has 1 fully saturated rings. The predicted molar refractivity (Wildman–Crippen MR) is 137 cm³/mol. The van der Waals surface area contributed by atoms with Crippen molar-refractivity contribution in [2.75, 3.05) is 23.0 Å². The highest BCUT2D eigenvalue weighted by Gasteiger charge is 2.37. The average molecular weight is 524 g/mol. The second kappa shape index (κ2) is 10.7. The van der Waals surface area contributed by atoms with E-state index in [0.717, 1.165) is 11.6 Å². The lowest BCUT2D eigenvalue weighted by Crippen LogP contribution is -2.39. The number of carbonyl (C=O) groups excluding carboxylic acids is 1. The van der Waals surface area contributed by atoms with Gasteiger partial charge in [0.15, 0.2) is 23.3 Å². The molecule has 0 aromatic heterocycles. The highest BCUT2D eigenvalue weighted by Crippen LogP contribution is 2.40. The third kappa shape index (κ3) is 4.76. The first-order valence-corrected chi connectivity index (χ1v) is 12.3. The fourth-order valence-corrected chi connectivity index (χ4v) is 4.98. The van der Waals surface area contributed by atoms with E-state index in [2.05, 4.69) is 11.7 Å². The molecule has 5 nitrogen and oxygen atoms in total. The number of esters is 1. The lowest BCUT2D eigenvalue weighted by atomic mass is 9.96. The van der Waals surface area contributed by atoms with Gasteiger partial charge in [0, 0.05) is 38.4 Å². The van der Waals surface area contributed by atoms with Crippen molar-refractivity contribution in [3.05, 3.63) is 108 Å². The van der Waals surface area contributed by atoms with Crippen molar-refractivity contribution < 1.29 is 27.1 Å². The molecule has 2 aliphatic heterocycles. The molecule has 0 saturated carbocycles. The van der Waals surface area contributed by atoms with Crippen molar-refractivity contribution in [2.45, 2.75) is 31.4 Å². The van der Waals surface area contributed by atoms with Crippen LogP contribution in [0.4, 0.5) is 28.9 Å². The molecule has 2 heterocycles. The largest absolute Gasteiger partial charge is 0.459 e. The van der Waals surface area contributed by atoms with Gasteiger partial charge in [-0.25, -0.2) is 22.4 Å². The lowest BCUT2D eigenvalue weighted by Gasteiger charge is -2.33. The third-order valence-electron chi connectivity index (χ3n) is 6.85. The number of hydrogen-bond donors (Lipinski definition) is 0. The van der Waals surface area contributed by atoms with Crippen molar-refractivity contribution >= 4 is 23.1 Å². The van der Waals surface area contributed by atoms with Crippen LogP contribution in [0.2, 0.25) is 0 Å². The standard InChI is InChI=1S/C29H25F4N3O2/c1-2-23(37)38-20-13-15-35(16-14-20)29-27(32)25(30)24(26(31)28(29)33)21-17-22(18-9-5-3-6-10-18)36(34-21)19-11-7-4-8-12-19/h2-12,20,22H,1,13-17H2. The van der Waals surface area contributed by atoms with E-state index in [9.17, 15) is 4.79 Å². The van der Waals surface area contributed by atoms with Crippen LogP contribution >= 0.6 is 0 Å². The highest BCUT2D eigenvalue weighted by atomic mass is 19.2. The first-order chi connectivity index (χ1) is 18.4. The molecule has 38 heavy (non-hydrogen) atoms. The van der Waals surface area contributed by atoms with Gasteiger partial charge in [0.05, 0.1) is 23.0 Å². The second-order valence-electron chi connectivity index (χ2n) is 9.16. The van der Waals surface area contributed by atoms with Gasteiger partial charge in [-0.15, -0.1) is 0 Å². The molecule has 2 aliphatic rings. The van der Waals surface area contributed by atoms with Crippen LogP contribution in [0.1, 0.15) is 36.4 Å². The Kier molecular flexibility index (Phi) is 7.18. The van der Waals surface area contributed by atoms with Gasteiger partial charge in [-0.2, -0.15) is 5.10 Å². The van der Waals surface area contributed by atoms with Gasteiger partial charge in [-0.05, 0) is 17.7 Å². The van der Waals surface area contributed by atoms with Crippen LogP contribution in [0.25, 0.3) is 0 Å². The molecule has 0 N–H and O–H groups in total. The first-order valence-electron chi connectivity index (χ1n) is 12.3. The normalized spacial score (nSPS) is 17.9. The van der Waals surface area contributed by atoms with Crippen LogP contribution in [0, 0.1) is 23.3 Å². The summed E-state index contributed by atoms with van der Waals surface area (Å²) in [7, 11) is 0. The monoisotopic (exact) mass is 523 g/mol. The van der Waals surface area contributed by atoms with E-state index in [1.165, 1.54) is 4.90 Å². The molecule has 0 amide bonds. The van der Waals surface area contributed by atoms with Gasteiger partial charge in [0.2, 0.25) is 0 Å². The molecule has 0 bridgehead atoms. The Morgan fingerprint density at radius 1 is 0.895 bits per heavy atom. The Morgan fingerprint density at radius 2 is 1.47 bits per heavy atom. The number of hydrogen-bond acceptors (Lipinski definition) is 5. The fourth-order valence-electron chi connectivity index (χ4n) is 4.98. The Morgan fingerprint density at radius 3 is 2.05 bits per heavy atom. The van der Waals surface area contributed by atoms with Crippen molar-refractivity contribution in [1.29, 1.82) is 0 Å². The van der Waals surface area contributed by atoms with E-state index in [0.29, 0.717) is 5.69 Å². The summed E-state index contributed by atoms with van der Waals surface area (Å²) in [5.74, 6) is -6.52. The third-order valence-corrected chi connectivity index (χ3v) is 6.85. The van der Waals surface area contributed by atoms with E-state index < -0.39 is 52.6 Å². The summed E-state index contributed by atoms with van der Waals surface area (Å²) in [6, 6.07) is 17.9.